The quantitative estimate of drug-likeness (QED) is 0.879. The van der Waals surface area contributed by atoms with Crippen LogP contribution in [0.15, 0.2) is 18.2 Å². The number of ether oxygens (including phenoxy) is 1. The molecule has 2 rings (SSSR count). The van der Waals surface area contributed by atoms with Crippen LogP contribution in [-0.2, 0) is 0 Å². The van der Waals surface area contributed by atoms with Crippen LogP contribution in [-0.4, -0.2) is 54.3 Å². The van der Waals surface area contributed by atoms with Gasteiger partial charge in [-0.15, -0.1) is 0 Å². The molecule has 0 bridgehead atoms. The van der Waals surface area contributed by atoms with Crippen molar-refractivity contribution in [2.75, 3.05) is 25.1 Å². The summed E-state index contributed by atoms with van der Waals surface area (Å²) in [5.41, 5.74) is 6.52. The van der Waals surface area contributed by atoms with Crippen LogP contribution in [0.3, 0.4) is 0 Å². The largest absolute Gasteiger partial charge is 0.496 e. The number of methoxy groups -OCH3 is 1. The summed E-state index contributed by atoms with van der Waals surface area (Å²) >= 11 is 0. The maximum Gasteiger partial charge on any atom is 0.407 e. The van der Waals surface area contributed by atoms with Crippen molar-refractivity contribution in [1.82, 2.24) is 4.90 Å². The van der Waals surface area contributed by atoms with Gasteiger partial charge in [-0.05, 0) is 26.0 Å². The molecule has 1 aromatic rings. The average molecular weight is 307 g/mol. The lowest BCUT2D eigenvalue weighted by molar-refractivity contribution is 0.0975. The normalized spacial score (nSPS) is 21.6. The molecule has 0 saturated carbocycles. The van der Waals surface area contributed by atoms with E-state index in [0.717, 1.165) is 5.69 Å². The predicted molar refractivity (Wildman–Crippen MR) is 82.5 cm³/mol. The Labute approximate surface area is 129 Å². The summed E-state index contributed by atoms with van der Waals surface area (Å²) in [6.07, 6.45) is -0.902. The number of nitrogens with zero attached hydrogens (tertiary/aromatic N) is 2. The van der Waals surface area contributed by atoms with Crippen LogP contribution >= 0.6 is 0 Å². The van der Waals surface area contributed by atoms with Crippen LogP contribution in [0.2, 0.25) is 0 Å². The van der Waals surface area contributed by atoms with E-state index in [1.54, 1.807) is 18.2 Å². The Balaban J connectivity index is 2.26. The molecule has 120 valence electrons. The summed E-state index contributed by atoms with van der Waals surface area (Å²) in [6.45, 7) is 4.92. The summed E-state index contributed by atoms with van der Waals surface area (Å²) in [7, 11) is 1.49. The summed E-state index contributed by atoms with van der Waals surface area (Å²) in [5, 5.41) is 9.25. The fourth-order valence-electron chi connectivity index (χ4n) is 2.99. The van der Waals surface area contributed by atoms with Crippen molar-refractivity contribution in [3.8, 4) is 5.75 Å². The summed E-state index contributed by atoms with van der Waals surface area (Å²) in [5.74, 6) is -0.119. The molecule has 0 spiro atoms. The second-order valence-electron chi connectivity index (χ2n) is 5.54. The molecule has 1 aliphatic heterocycles. The van der Waals surface area contributed by atoms with Crippen molar-refractivity contribution in [3.05, 3.63) is 23.8 Å². The number of carbonyl (C=O) groups is 2. The zero-order valence-electron chi connectivity index (χ0n) is 12.9. The molecule has 22 heavy (non-hydrogen) atoms. The van der Waals surface area contributed by atoms with Gasteiger partial charge in [0.15, 0.2) is 0 Å². The van der Waals surface area contributed by atoms with Crippen molar-refractivity contribution < 1.29 is 19.4 Å². The maximum absolute atomic E-state index is 11.3. The first kappa shape index (κ1) is 15.9. The first-order valence-electron chi connectivity index (χ1n) is 7.09. The number of primary amides is 1. The zero-order chi connectivity index (χ0) is 16.4. The molecule has 1 heterocycles. The molecule has 3 N–H and O–H groups in total. The van der Waals surface area contributed by atoms with Crippen LogP contribution < -0.4 is 15.4 Å². The molecule has 2 amide bonds. The molecule has 1 fully saturated rings. The van der Waals surface area contributed by atoms with Crippen molar-refractivity contribution in [2.45, 2.75) is 25.9 Å². The number of rotatable bonds is 3. The number of benzene rings is 1. The molecule has 7 nitrogen and oxygen atoms in total. The first-order chi connectivity index (χ1) is 10.3. The van der Waals surface area contributed by atoms with Crippen molar-refractivity contribution in [1.29, 1.82) is 0 Å². The molecular formula is C15H21N3O4. The van der Waals surface area contributed by atoms with E-state index >= 15 is 0 Å². The van der Waals surface area contributed by atoms with E-state index in [9.17, 15) is 14.7 Å². The molecule has 0 radical (unpaired) electrons. The smallest absolute Gasteiger partial charge is 0.407 e. The highest BCUT2D eigenvalue weighted by Gasteiger charge is 2.33. The zero-order valence-corrected chi connectivity index (χ0v) is 12.9. The lowest BCUT2D eigenvalue weighted by Gasteiger charge is -2.44. The summed E-state index contributed by atoms with van der Waals surface area (Å²) in [6, 6.07) is 4.95. The Bertz CT molecular complexity index is 578. The number of nitrogens with two attached hydrogens (primary N) is 1. The van der Waals surface area contributed by atoms with Gasteiger partial charge < -0.3 is 20.5 Å². The topological polar surface area (TPSA) is 96.1 Å². The maximum atomic E-state index is 11.3. The first-order valence-corrected chi connectivity index (χ1v) is 7.09. The van der Waals surface area contributed by atoms with E-state index in [4.69, 9.17) is 10.5 Å². The second kappa shape index (κ2) is 6.13. The molecule has 2 atom stereocenters. The Morgan fingerprint density at radius 3 is 2.32 bits per heavy atom. The lowest BCUT2D eigenvalue weighted by atomic mass is 10.1. The molecule has 2 unspecified atom stereocenters. The molecule has 1 aromatic carbocycles. The molecule has 0 aliphatic carbocycles. The minimum Gasteiger partial charge on any atom is -0.496 e. The van der Waals surface area contributed by atoms with E-state index in [1.807, 2.05) is 13.8 Å². The third-order valence-electron chi connectivity index (χ3n) is 3.96. The van der Waals surface area contributed by atoms with Gasteiger partial charge in [0.05, 0.1) is 24.8 Å². The van der Waals surface area contributed by atoms with Gasteiger partial charge in [-0.2, -0.15) is 0 Å². The van der Waals surface area contributed by atoms with Crippen LogP contribution in [0.5, 0.6) is 5.75 Å². The molecule has 1 saturated heterocycles. The standard InChI is InChI=1S/C15H21N3O4/c1-9-7-17(8-10(2)18(9)15(20)21)11-4-5-12(14(16)19)13(6-11)22-3/h4-6,9-10H,7-8H2,1-3H3,(H2,16,19)(H,20,21). The van der Waals surface area contributed by atoms with Crippen molar-refractivity contribution in [2.24, 2.45) is 5.73 Å². The highest BCUT2D eigenvalue weighted by molar-refractivity contribution is 5.96. The Kier molecular flexibility index (Phi) is 4.44. The van der Waals surface area contributed by atoms with Gasteiger partial charge >= 0.3 is 6.09 Å². The van der Waals surface area contributed by atoms with E-state index in [0.29, 0.717) is 24.4 Å². The van der Waals surface area contributed by atoms with Crippen LogP contribution in [0.25, 0.3) is 0 Å². The Hall–Kier alpha value is -2.44. The van der Waals surface area contributed by atoms with E-state index in [-0.39, 0.29) is 12.1 Å². The summed E-state index contributed by atoms with van der Waals surface area (Å²) < 4.78 is 5.22. The van der Waals surface area contributed by atoms with Gasteiger partial charge in [0.25, 0.3) is 5.91 Å². The van der Waals surface area contributed by atoms with Crippen LogP contribution in [0.1, 0.15) is 24.2 Å². The minimum absolute atomic E-state index is 0.122. The third kappa shape index (κ3) is 2.93. The number of hydrogen-bond donors (Lipinski definition) is 2. The van der Waals surface area contributed by atoms with Gasteiger partial charge in [0, 0.05) is 24.8 Å². The summed E-state index contributed by atoms with van der Waals surface area (Å²) in [4.78, 5) is 26.2. The van der Waals surface area contributed by atoms with Crippen molar-refractivity contribution >= 4 is 17.7 Å². The Morgan fingerprint density at radius 2 is 1.86 bits per heavy atom. The SMILES string of the molecule is COc1cc(N2CC(C)N(C(=O)O)C(C)C2)ccc1C(N)=O. The van der Waals surface area contributed by atoms with E-state index in [2.05, 4.69) is 4.90 Å². The van der Waals surface area contributed by atoms with Gasteiger partial charge in [0.2, 0.25) is 0 Å². The fourth-order valence-corrected chi connectivity index (χ4v) is 2.99. The predicted octanol–water partition coefficient (Wildman–Crippen LogP) is 1.37. The van der Waals surface area contributed by atoms with Gasteiger partial charge in [-0.25, -0.2) is 4.79 Å². The molecule has 1 aliphatic rings. The highest BCUT2D eigenvalue weighted by Crippen LogP contribution is 2.28. The Morgan fingerprint density at radius 1 is 1.27 bits per heavy atom. The molecule has 7 heteroatoms. The van der Waals surface area contributed by atoms with Crippen LogP contribution in [0, 0.1) is 0 Å². The van der Waals surface area contributed by atoms with Gasteiger partial charge in [-0.3, -0.25) is 9.69 Å². The number of carboxylic acid groups (broad SMARTS) is 1. The van der Waals surface area contributed by atoms with Gasteiger partial charge in [0.1, 0.15) is 5.75 Å². The van der Waals surface area contributed by atoms with Gasteiger partial charge in [-0.1, -0.05) is 0 Å². The second-order valence-corrected chi connectivity index (χ2v) is 5.54. The molecule has 0 aromatic heterocycles. The molecular weight excluding hydrogens is 286 g/mol. The number of amides is 2. The fraction of sp³-hybridized carbons (Fsp3) is 0.467. The number of anilines is 1. The van der Waals surface area contributed by atoms with E-state index < -0.39 is 12.0 Å². The minimum atomic E-state index is -0.902. The van der Waals surface area contributed by atoms with Crippen LogP contribution in [0.4, 0.5) is 10.5 Å². The average Bonchev–Trinajstić information content (AvgIpc) is 2.45. The number of hydrogen-bond acceptors (Lipinski definition) is 4. The highest BCUT2D eigenvalue weighted by atomic mass is 16.5. The van der Waals surface area contributed by atoms with Crippen molar-refractivity contribution in [3.63, 3.8) is 0 Å². The lowest BCUT2D eigenvalue weighted by Crippen LogP contribution is -2.58. The number of carbonyl (C=O) groups excluding carboxylic acids is 1. The number of piperazine rings is 1. The monoisotopic (exact) mass is 307 g/mol. The third-order valence-corrected chi connectivity index (χ3v) is 3.96. The van der Waals surface area contributed by atoms with E-state index in [1.165, 1.54) is 12.0 Å².